The Bertz CT molecular complexity index is 649. The molecule has 0 saturated heterocycles. The highest BCUT2D eigenvalue weighted by Crippen LogP contribution is 2.15. The fraction of sp³-hybridized carbons (Fsp3) is 0.267. The number of aryl methyl sites for hydroxylation is 1. The Balaban J connectivity index is 2.08. The van der Waals surface area contributed by atoms with Crippen LogP contribution in [0.1, 0.15) is 30.6 Å². The zero-order chi connectivity index (χ0) is 15.2. The molecule has 2 rings (SSSR count). The van der Waals surface area contributed by atoms with Crippen molar-refractivity contribution in [1.29, 1.82) is 0 Å². The number of amides is 1. The van der Waals surface area contributed by atoms with Gasteiger partial charge in [-0.2, -0.15) is 5.10 Å². The molecule has 0 bridgehead atoms. The topological polar surface area (TPSA) is 73.2 Å². The van der Waals surface area contributed by atoms with Gasteiger partial charge in [0.05, 0.1) is 18.0 Å². The van der Waals surface area contributed by atoms with Crippen LogP contribution in [0.15, 0.2) is 36.7 Å². The van der Waals surface area contributed by atoms with Crippen molar-refractivity contribution >= 4 is 17.6 Å². The summed E-state index contributed by atoms with van der Waals surface area (Å²) in [7, 11) is 0. The molecule has 0 atom stereocenters. The van der Waals surface area contributed by atoms with Crippen molar-refractivity contribution in [3.05, 3.63) is 42.2 Å². The van der Waals surface area contributed by atoms with Gasteiger partial charge in [-0.3, -0.25) is 9.48 Å². The van der Waals surface area contributed by atoms with Crippen LogP contribution in [0, 0.1) is 0 Å². The minimum Gasteiger partial charge on any atom is -0.420 e. The SMILES string of the molecule is CCC(=O)Nc1cccc(C(=O)Oc2cnn(CC)c2)c1. The van der Waals surface area contributed by atoms with Crippen LogP contribution in [0.25, 0.3) is 0 Å². The Morgan fingerprint density at radius 1 is 1.33 bits per heavy atom. The number of esters is 1. The van der Waals surface area contributed by atoms with E-state index in [1.165, 1.54) is 6.20 Å². The summed E-state index contributed by atoms with van der Waals surface area (Å²) in [6, 6.07) is 6.63. The van der Waals surface area contributed by atoms with Gasteiger partial charge in [-0.05, 0) is 25.1 Å². The van der Waals surface area contributed by atoms with Crippen LogP contribution in [0.5, 0.6) is 5.75 Å². The van der Waals surface area contributed by atoms with Crippen LogP contribution in [-0.2, 0) is 11.3 Å². The summed E-state index contributed by atoms with van der Waals surface area (Å²) in [5.74, 6) is -0.201. The third-order valence-corrected chi connectivity index (χ3v) is 2.85. The fourth-order valence-electron chi connectivity index (χ4n) is 1.71. The maximum atomic E-state index is 12.0. The summed E-state index contributed by atoms with van der Waals surface area (Å²) < 4.78 is 6.90. The number of nitrogens with zero attached hydrogens (tertiary/aromatic N) is 2. The van der Waals surface area contributed by atoms with Crippen molar-refractivity contribution < 1.29 is 14.3 Å². The fourth-order valence-corrected chi connectivity index (χ4v) is 1.71. The highest BCUT2D eigenvalue weighted by atomic mass is 16.5. The molecule has 0 spiro atoms. The number of anilines is 1. The normalized spacial score (nSPS) is 10.2. The zero-order valence-electron chi connectivity index (χ0n) is 12.0. The average molecular weight is 287 g/mol. The maximum absolute atomic E-state index is 12.0. The van der Waals surface area contributed by atoms with E-state index in [1.807, 2.05) is 6.92 Å². The third-order valence-electron chi connectivity index (χ3n) is 2.85. The van der Waals surface area contributed by atoms with E-state index in [2.05, 4.69) is 10.4 Å². The van der Waals surface area contributed by atoms with Gasteiger partial charge in [0.25, 0.3) is 0 Å². The van der Waals surface area contributed by atoms with Crippen molar-refractivity contribution in [3.63, 3.8) is 0 Å². The van der Waals surface area contributed by atoms with Crippen LogP contribution in [0.3, 0.4) is 0 Å². The molecular formula is C15H17N3O3. The van der Waals surface area contributed by atoms with Crippen LogP contribution < -0.4 is 10.1 Å². The van der Waals surface area contributed by atoms with Crippen LogP contribution in [0.4, 0.5) is 5.69 Å². The molecule has 1 N–H and O–H groups in total. The molecule has 0 aliphatic carbocycles. The van der Waals surface area contributed by atoms with Crippen LogP contribution in [-0.4, -0.2) is 21.7 Å². The van der Waals surface area contributed by atoms with Crippen LogP contribution >= 0.6 is 0 Å². The van der Waals surface area contributed by atoms with Crippen molar-refractivity contribution in [1.82, 2.24) is 9.78 Å². The Morgan fingerprint density at radius 3 is 2.81 bits per heavy atom. The van der Waals surface area contributed by atoms with Crippen molar-refractivity contribution in [2.24, 2.45) is 0 Å². The van der Waals surface area contributed by atoms with Gasteiger partial charge in [0.15, 0.2) is 5.75 Å². The molecule has 0 aliphatic heterocycles. The van der Waals surface area contributed by atoms with Gasteiger partial charge in [0.2, 0.25) is 5.91 Å². The molecule has 1 aromatic carbocycles. The van der Waals surface area contributed by atoms with E-state index >= 15 is 0 Å². The van der Waals surface area contributed by atoms with Gasteiger partial charge < -0.3 is 10.1 Å². The van der Waals surface area contributed by atoms with Crippen LogP contribution in [0.2, 0.25) is 0 Å². The second-order valence-electron chi connectivity index (χ2n) is 4.40. The highest BCUT2D eigenvalue weighted by molar-refractivity contribution is 5.95. The van der Waals surface area contributed by atoms with E-state index in [9.17, 15) is 9.59 Å². The first-order chi connectivity index (χ1) is 10.1. The molecule has 2 aromatic rings. The second-order valence-corrected chi connectivity index (χ2v) is 4.40. The van der Waals surface area contributed by atoms with E-state index in [1.54, 1.807) is 42.1 Å². The summed E-state index contributed by atoms with van der Waals surface area (Å²) in [6.07, 6.45) is 3.52. The Morgan fingerprint density at radius 2 is 2.14 bits per heavy atom. The zero-order valence-corrected chi connectivity index (χ0v) is 12.0. The smallest absolute Gasteiger partial charge is 0.343 e. The van der Waals surface area contributed by atoms with Crippen molar-refractivity contribution in [2.75, 3.05) is 5.32 Å². The van der Waals surface area contributed by atoms with Gasteiger partial charge in [0.1, 0.15) is 0 Å². The first kappa shape index (κ1) is 14.8. The minimum atomic E-state index is -0.488. The molecule has 1 aromatic heterocycles. The van der Waals surface area contributed by atoms with E-state index in [0.717, 1.165) is 0 Å². The number of carbonyl (C=O) groups is 2. The number of rotatable bonds is 5. The molecule has 0 fully saturated rings. The molecule has 0 aliphatic rings. The standard InChI is InChI=1S/C15H17N3O3/c1-3-14(19)17-12-7-5-6-11(8-12)15(20)21-13-9-16-18(4-2)10-13/h5-10H,3-4H2,1-2H3,(H,17,19). The summed E-state index contributed by atoms with van der Waals surface area (Å²) in [6.45, 7) is 4.41. The molecule has 21 heavy (non-hydrogen) atoms. The molecule has 0 unspecified atom stereocenters. The molecule has 6 heteroatoms. The second kappa shape index (κ2) is 6.69. The number of nitrogens with one attached hydrogen (secondary N) is 1. The predicted molar refractivity (Wildman–Crippen MR) is 78.2 cm³/mol. The monoisotopic (exact) mass is 287 g/mol. The summed E-state index contributed by atoms with van der Waals surface area (Å²) in [4.78, 5) is 23.4. The lowest BCUT2D eigenvalue weighted by Crippen LogP contribution is -2.12. The van der Waals surface area contributed by atoms with E-state index in [4.69, 9.17) is 4.74 Å². The number of carbonyl (C=O) groups excluding carboxylic acids is 2. The van der Waals surface area contributed by atoms with E-state index < -0.39 is 5.97 Å². The summed E-state index contributed by atoms with van der Waals surface area (Å²) in [5, 5.41) is 6.73. The van der Waals surface area contributed by atoms with Gasteiger partial charge in [-0.25, -0.2) is 4.79 Å². The molecule has 0 saturated carbocycles. The quantitative estimate of drug-likeness (QED) is 0.857. The number of benzene rings is 1. The lowest BCUT2D eigenvalue weighted by molar-refractivity contribution is -0.115. The third kappa shape index (κ3) is 3.92. The molecule has 1 heterocycles. The number of hydrogen-bond donors (Lipinski definition) is 1. The average Bonchev–Trinajstić information content (AvgIpc) is 2.95. The highest BCUT2D eigenvalue weighted by Gasteiger charge is 2.11. The lowest BCUT2D eigenvalue weighted by atomic mass is 10.2. The Hall–Kier alpha value is -2.63. The Kier molecular flexibility index (Phi) is 4.71. The molecule has 110 valence electrons. The molecule has 1 amide bonds. The maximum Gasteiger partial charge on any atom is 0.343 e. The first-order valence-corrected chi connectivity index (χ1v) is 6.77. The van der Waals surface area contributed by atoms with Gasteiger partial charge in [-0.1, -0.05) is 13.0 Å². The van der Waals surface area contributed by atoms with E-state index in [-0.39, 0.29) is 5.91 Å². The van der Waals surface area contributed by atoms with E-state index in [0.29, 0.717) is 30.0 Å². The van der Waals surface area contributed by atoms with Gasteiger partial charge >= 0.3 is 5.97 Å². The minimum absolute atomic E-state index is 0.107. The van der Waals surface area contributed by atoms with Gasteiger partial charge in [-0.15, -0.1) is 0 Å². The number of ether oxygens (including phenoxy) is 1. The molecule has 6 nitrogen and oxygen atoms in total. The molecule has 0 radical (unpaired) electrons. The number of hydrogen-bond acceptors (Lipinski definition) is 4. The van der Waals surface area contributed by atoms with Crippen molar-refractivity contribution in [2.45, 2.75) is 26.8 Å². The number of aromatic nitrogens is 2. The Labute approximate surface area is 122 Å². The lowest BCUT2D eigenvalue weighted by Gasteiger charge is -2.06. The van der Waals surface area contributed by atoms with Gasteiger partial charge in [0, 0.05) is 18.7 Å². The molecular weight excluding hydrogens is 270 g/mol. The predicted octanol–water partition coefficient (Wildman–Crippen LogP) is 2.47. The summed E-state index contributed by atoms with van der Waals surface area (Å²) >= 11 is 0. The van der Waals surface area contributed by atoms with Crippen molar-refractivity contribution in [3.8, 4) is 5.75 Å². The first-order valence-electron chi connectivity index (χ1n) is 6.77. The summed E-state index contributed by atoms with van der Waals surface area (Å²) in [5.41, 5.74) is 0.939. The largest absolute Gasteiger partial charge is 0.420 e.